The van der Waals surface area contributed by atoms with Crippen LogP contribution in [0.15, 0.2) is 54.6 Å². The van der Waals surface area contributed by atoms with Crippen LogP contribution in [0.2, 0.25) is 10.0 Å². The first-order chi connectivity index (χ1) is 15.1. The van der Waals surface area contributed by atoms with Crippen LogP contribution < -0.4 is 4.90 Å². The zero-order chi connectivity index (χ0) is 23.2. The van der Waals surface area contributed by atoms with Gasteiger partial charge in [-0.1, -0.05) is 59.6 Å². The Hall–Kier alpha value is -2.11. The molecule has 1 atom stereocenters. The molecule has 168 valence electrons. The Morgan fingerprint density at radius 3 is 2.28 bits per heavy atom. The lowest BCUT2D eigenvalue weighted by Crippen LogP contribution is -2.46. The number of nitrogens with zero attached hydrogens (tertiary/aromatic N) is 2. The van der Waals surface area contributed by atoms with Crippen molar-refractivity contribution in [2.75, 3.05) is 18.0 Å². The number of aliphatic hydroxyl groups is 1. The molecule has 0 radical (unpaired) electrons. The van der Waals surface area contributed by atoms with E-state index in [4.69, 9.17) is 23.2 Å². The van der Waals surface area contributed by atoms with Gasteiger partial charge in [-0.05, 0) is 62.2 Å². The Balaban J connectivity index is 1.81. The van der Waals surface area contributed by atoms with Crippen molar-refractivity contribution in [1.29, 1.82) is 0 Å². The first-order valence-corrected chi connectivity index (χ1v) is 11.7. The van der Waals surface area contributed by atoms with Crippen molar-refractivity contribution in [3.8, 4) is 0 Å². The standard InChI is InChI=1S/C26H28Cl2N2O2/c1-16(2)29(17(3)4)11-12-30-23-15-21(27)14-22(28)24(23)26(32,25(30)31)20-10-9-18-7-5-6-8-19(18)13-20/h5-10,13-17,32H,11-12H2,1-4H3. The highest BCUT2D eigenvalue weighted by Crippen LogP contribution is 2.49. The van der Waals surface area contributed by atoms with Crippen molar-refractivity contribution in [1.82, 2.24) is 4.90 Å². The molecule has 1 unspecified atom stereocenters. The highest BCUT2D eigenvalue weighted by atomic mass is 35.5. The quantitative estimate of drug-likeness (QED) is 0.491. The molecule has 6 heteroatoms. The summed E-state index contributed by atoms with van der Waals surface area (Å²) in [5.41, 5.74) is -0.416. The van der Waals surface area contributed by atoms with E-state index in [0.29, 0.717) is 47.0 Å². The van der Waals surface area contributed by atoms with E-state index >= 15 is 0 Å². The smallest absolute Gasteiger partial charge is 0.268 e. The van der Waals surface area contributed by atoms with Crippen molar-refractivity contribution in [3.05, 3.63) is 75.8 Å². The predicted octanol–water partition coefficient (Wildman–Crippen LogP) is 5.85. The molecule has 1 aliphatic rings. The Morgan fingerprint density at radius 1 is 0.969 bits per heavy atom. The van der Waals surface area contributed by atoms with Gasteiger partial charge in [0.15, 0.2) is 5.60 Å². The molecular weight excluding hydrogens is 443 g/mol. The van der Waals surface area contributed by atoms with Gasteiger partial charge in [0.05, 0.1) is 10.7 Å². The Bertz CT molecular complexity index is 1170. The van der Waals surface area contributed by atoms with Gasteiger partial charge in [-0.25, -0.2) is 0 Å². The van der Waals surface area contributed by atoms with Crippen LogP contribution in [0.3, 0.4) is 0 Å². The molecule has 0 saturated heterocycles. The molecule has 0 aromatic heterocycles. The topological polar surface area (TPSA) is 43.8 Å². The molecule has 0 spiro atoms. The second kappa shape index (κ2) is 8.68. The van der Waals surface area contributed by atoms with Crippen LogP contribution in [0.4, 0.5) is 5.69 Å². The number of carbonyl (C=O) groups is 1. The van der Waals surface area contributed by atoms with Gasteiger partial charge >= 0.3 is 0 Å². The number of anilines is 1. The van der Waals surface area contributed by atoms with E-state index in [1.165, 1.54) is 0 Å². The van der Waals surface area contributed by atoms with Crippen molar-refractivity contribution >= 4 is 45.6 Å². The summed E-state index contributed by atoms with van der Waals surface area (Å²) >= 11 is 12.9. The van der Waals surface area contributed by atoms with Gasteiger partial charge in [0.2, 0.25) is 0 Å². The summed E-state index contributed by atoms with van der Waals surface area (Å²) in [6, 6.07) is 17.4. The minimum absolute atomic E-state index is 0.281. The average Bonchev–Trinajstić information content (AvgIpc) is 2.95. The van der Waals surface area contributed by atoms with Gasteiger partial charge in [0.25, 0.3) is 5.91 Å². The van der Waals surface area contributed by atoms with Crippen LogP contribution >= 0.6 is 23.2 Å². The number of amides is 1. The van der Waals surface area contributed by atoms with E-state index in [1.54, 1.807) is 23.1 Å². The molecule has 0 saturated carbocycles. The first-order valence-electron chi connectivity index (χ1n) is 10.9. The highest BCUT2D eigenvalue weighted by Gasteiger charge is 2.52. The molecule has 1 aliphatic heterocycles. The minimum Gasteiger partial charge on any atom is -0.372 e. The van der Waals surface area contributed by atoms with Crippen LogP contribution in [-0.4, -0.2) is 41.1 Å². The molecule has 3 aromatic carbocycles. The van der Waals surface area contributed by atoms with Crippen molar-refractivity contribution < 1.29 is 9.90 Å². The molecular formula is C26H28Cl2N2O2. The summed E-state index contributed by atoms with van der Waals surface area (Å²) in [6.07, 6.45) is 0. The Kier molecular flexibility index (Phi) is 6.25. The van der Waals surface area contributed by atoms with Crippen molar-refractivity contribution in [2.24, 2.45) is 0 Å². The maximum Gasteiger partial charge on any atom is 0.268 e. The number of halogens is 2. The maximum atomic E-state index is 13.8. The fourth-order valence-corrected chi connectivity index (χ4v) is 5.39. The van der Waals surface area contributed by atoms with Crippen LogP contribution in [0.25, 0.3) is 10.8 Å². The second-order valence-corrected chi connectivity index (χ2v) is 9.78. The summed E-state index contributed by atoms with van der Waals surface area (Å²) in [7, 11) is 0. The maximum absolute atomic E-state index is 13.8. The number of hydrogen-bond donors (Lipinski definition) is 1. The number of benzene rings is 3. The van der Waals surface area contributed by atoms with Gasteiger partial charge in [0.1, 0.15) is 0 Å². The predicted molar refractivity (Wildman–Crippen MR) is 133 cm³/mol. The largest absolute Gasteiger partial charge is 0.372 e. The average molecular weight is 471 g/mol. The fraction of sp³-hybridized carbons (Fsp3) is 0.346. The molecule has 1 N–H and O–H groups in total. The monoisotopic (exact) mass is 470 g/mol. The van der Waals surface area contributed by atoms with Gasteiger partial charge in [-0.15, -0.1) is 0 Å². The molecule has 1 amide bonds. The first kappa shape index (κ1) is 23.1. The summed E-state index contributed by atoms with van der Waals surface area (Å²) in [6.45, 7) is 9.64. The lowest BCUT2D eigenvalue weighted by molar-refractivity contribution is -0.132. The van der Waals surface area contributed by atoms with Gasteiger partial charge < -0.3 is 10.0 Å². The zero-order valence-corrected chi connectivity index (χ0v) is 20.3. The summed E-state index contributed by atoms with van der Waals surface area (Å²) in [4.78, 5) is 17.7. The Morgan fingerprint density at radius 2 is 1.62 bits per heavy atom. The zero-order valence-electron chi connectivity index (χ0n) is 18.8. The number of hydrogen-bond acceptors (Lipinski definition) is 3. The summed E-state index contributed by atoms with van der Waals surface area (Å²) in [5.74, 6) is -0.403. The van der Waals surface area contributed by atoms with Crippen molar-refractivity contribution in [2.45, 2.75) is 45.4 Å². The number of fused-ring (bicyclic) bond motifs is 2. The Labute approximate surface area is 199 Å². The van der Waals surface area contributed by atoms with Crippen LogP contribution in [0, 0.1) is 0 Å². The van der Waals surface area contributed by atoms with E-state index in [2.05, 4.69) is 32.6 Å². The number of carbonyl (C=O) groups excluding carboxylic acids is 1. The third-order valence-electron chi connectivity index (χ3n) is 6.32. The van der Waals surface area contributed by atoms with E-state index in [1.807, 2.05) is 36.4 Å². The van der Waals surface area contributed by atoms with E-state index < -0.39 is 11.5 Å². The van der Waals surface area contributed by atoms with Crippen molar-refractivity contribution in [3.63, 3.8) is 0 Å². The SMILES string of the molecule is CC(C)N(CCN1C(=O)C(O)(c2ccc3ccccc3c2)c2c(Cl)cc(Cl)cc21)C(C)C. The van der Waals surface area contributed by atoms with Gasteiger partial charge in [0, 0.05) is 35.8 Å². The molecule has 0 bridgehead atoms. The lowest BCUT2D eigenvalue weighted by Gasteiger charge is -2.32. The molecule has 0 aliphatic carbocycles. The summed E-state index contributed by atoms with van der Waals surface area (Å²) < 4.78 is 0. The third kappa shape index (κ3) is 3.80. The molecule has 4 rings (SSSR count). The summed E-state index contributed by atoms with van der Waals surface area (Å²) in [5, 5.41) is 14.6. The van der Waals surface area contributed by atoms with Gasteiger partial charge in [-0.2, -0.15) is 0 Å². The highest BCUT2D eigenvalue weighted by molar-refractivity contribution is 6.37. The van der Waals surface area contributed by atoms with Crippen LogP contribution in [0.5, 0.6) is 0 Å². The molecule has 0 fully saturated rings. The molecule has 4 nitrogen and oxygen atoms in total. The van der Waals surface area contributed by atoms with E-state index in [-0.39, 0.29) is 5.02 Å². The normalized spacial score (nSPS) is 18.4. The van der Waals surface area contributed by atoms with Crippen LogP contribution in [-0.2, 0) is 10.4 Å². The second-order valence-electron chi connectivity index (χ2n) is 8.94. The third-order valence-corrected chi connectivity index (χ3v) is 6.83. The van der Waals surface area contributed by atoms with Crippen LogP contribution in [0.1, 0.15) is 38.8 Å². The lowest BCUT2D eigenvalue weighted by atomic mass is 9.86. The minimum atomic E-state index is -1.87. The van der Waals surface area contributed by atoms with E-state index in [9.17, 15) is 9.90 Å². The fourth-order valence-electron chi connectivity index (χ4n) is 4.78. The molecule has 3 aromatic rings. The van der Waals surface area contributed by atoms with Gasteiger partial charge in [-0.3, -0.25) is 9.69 Å². The van der Waals surface area contributed by atoms with E-state index in [0.717, 1.165) is 10.8 Å². The molecule has 1 heterocycles. The number of rotatable bonds is 6. The molecule has 32 heavy (non-hydrogen) atoms.